The third-order valence-corrected chi connectivity index (χ3v) is 8.87. The number of rotatable bonds is 0. The lowest BCUT2D eigenvalue weighted by molar-refractivity contribution is -0.148. The third-order valence-electron chi connectivity index (χ3n) is 8.87. The molecule has 0 aromatic rings. The summed E-state index contributed by atoms with van der Waals surface area (Å²) < 4.78 is 15.6. The number of alkyl halides is 1. The predicted molar refractivity (Wildman–Crippen MR) is 92.2 cm³/mol. The summed E-state index contributed by atoms with van der Waals surface area (Å²) in [7, 11) is 0. The van der Waals surface area contributed by atoms with Crippen LogP contribution in [0.2, 0.25) is 0 Å². The lowest BCUT2D eigenvalue weighted by atomic mass is 9.45. The van der Waals surface area contributed by atoms with Crippen LogP contribution in [0.4, 0.5) is 4.39 Å². The Kier molecular flexibility index (Phi) is 3.44. The van der Waals surface area contributed by atoms with Crippen LogP contribution in [-0.2, 0) is 4.79 Å². The van der Waals surface area contributed by atoms with Crippen molar-refractivity contribution in [3.8, 4) is 0 Å². The molecule has 0 bridgehead atoms. The maximum absolute atomic E-state index is 15.6. The molecule has 4 rings (SSSR count). The molecule has 0 aliphatic heterocycles. The maximum atomic E-state index is 15.6. The number of carbonyl (C=O) groups is 1. The normalized spacial score (nSPS) is 54.3. The number of hydrogen-bond donors (Lipinski definition) is 1. The first-order valence-corrected chi connectivity index (χ1v) is 9.72. The number of halogens is 1. The molecule has 0 aromatic heterocycles. The number of Topliss-reactive ketones (excluding diaryl/α,β-unsaturated/α-hetero) is 1. The first kappa shape index (κ1) is 16.8. The van der Waals surface area contributed by atoms with E-state index in [-0.39, 0.29) is 22.5 Å². The molecular formula is C21H31FO2. The lowest BCUT2D eigenvalue weighted by Gasteiger charge is -2.60. The molecule has 24 heavy (non-hydrogen) atoms. The second kappa shape index (κ2) is 4.93. The molecule has 0 aromatic carbocycles. The highest BCUT2D eigenvalue weighted by Crippen LogP contribution is 2.68. The van der Waals surface area contributed by atoms with Crippen LogP contribution in [-0.4, -0.2) is 22.7 Å². The van der Waals surface area contributed by atoms with Crippen LogP contribution in [0.1, 0.15) is 72.6 Å². The van der Waals surface area contributed by atoms with Gasteiger partial charge in [0.15, 0.2) is 5.78 Å². The average molecular weight is 334 g/mol. The fraction of sp³-hybridized carbons (Fsp3) is 0.857. The van der Waals surface area contributed by atoms with Crippen LogP contribution in [0, 0.1) is 28.6 Å². The molecule has 0 heterocycles. The number of fused-ring (bicyclic) bond motifs is 5. The van der Waals surface area contributed by atoms with Crippen LogP contribution in [0.3, 0.4) is 0 Å². The van der Waals surface area contributed by atoms with Gasteiger partial charge in [0, 0.05) is 17.8 Å². The van der Waals surface area contributed by atoms with Gasteiger partial charge < -0.3 is 5.11 Å². The summed E-state index contributed by atoms with van der Waals surface area (Å²) in [6, 6.07) is 0. The molecule has 0 spiro atoms. The van der Waals surface area contributed by atoms with E-state index in [2.05, 4.69) is 13.8 Å². The van der Waals surface area contributed by atoms with Gasteiger partial charge in [-0.2, -0.15) is 0 Å². The quantitative estimate of drug-likeness (QED) is 0.702. The van der Waals surface area contributed by atoms with E-state index in [0.29, 0.717) is 24.7 Å². The van der Waals surface area contributed by atoms with Crippen LogP contribution in [0.15, 0.2) is 11.1 Å². The molecule has 3 saturated carbocycles. The smallest absolute Gasteiger partial charge is 0.158 e. The minimum absolute atomic E-state index is 0.0243. The molecule has 4 aliphatic carbocycles. The molecule has 3 heteroatoms. The topological polar surface area (TPSA) is 37.3 Å². The summed E-state index contributed by atoms with van der Waals surface area (Å²) in [5, 5.41) is 10.9. The van der Waals surface area contributed by atoms with Crippen molar-refractivity contribution in [3.05, 3.63) is 11.1 Å². The van der Waals surface area contributed by atoms with Crippen molar-refractivity contribution >= 4 is 5.78 Å². The van der Waals surface area contributed by atoms with Gasteiger partial charge in [0.25, 0.3) is 0 Å². The second-order valence-electron chi connectivity index (χ2n) is 9.73. The molecule has 1 N–H and O–H groups in total. The van der Waals surface area contributed by atoms with E-state index in [4.69, 9.17) is 0 Å². The first-order chi connectivity index (χ1) is 11.1. The number of carbonyl (C=O) groups excluding carboxylic acids is 1. The van der Waals surface area contributed by atoms with Crippen molar-refractivity contribution in [2.75, 3.05) is 0 Å². The number of aliphatic hydroxyl groups is 1. The summed E-state index contributed by atoms with van der Waals surface area (Å²) in [6.45, 7) is 8.21. The Hall–Kier alpha value is -0.700. The van der Waals surface area contributed by atoms with Crippen LogP contribution in [0.25, 0.3) is 0 Å². The van der Waals surface area contributed by atoms with Gasteiger partial charge in [-0.05, 0) is 75.2 Å². The highest BCUT2D eigenvalue weighted by atomic mass is 19.1. The predicted octanol–water partition coefficient (Wildman–Crippen LogP) is 4.61. The number of allylic oxidation sites excluding steroid dienone is 1. The van der Waals surface area contributed by atoms with Crippen LogP contribution in [0.5, 0.6) is 0 Å². The van der Waals surface area contributed by atoms with E-state index >= 15 is 4.39 Å². The number of hydrogen-bond acceptors (Lipinski definition) is 2. The van der Waals surface area contributed by atoms with Gasteiger partial charge in [0.1, 0.15) is 6.17 Å². The fourth-order valence-electron chi connectivity index (χ4n) is 7.26. The number of ketones is 1. The van der Waals surface area contributed by atoms with Gasteiger partial charge in [0.2, 0.25) is 0 Å². The summed E-state index contributed by atoms with van der Waals surface area (Å²) in [5.74, 6) is 1.06. The van der Waals surface area contributed by atoms with Crippen molar-refractivity contribution < 1.29 is 14.3 Å². The molecule has 134 valence electrons. The maximum Gasteiger partial charge on any atom is 0.158 e. The van der Waals surface area contributed by atoms with Gasteiger partial charge in [0.05, 0.1) is 5.60 Å². The molecule has 2 nitrogen and oxygen atoms in total. The van der Waals surface area contributed by atoms with Crippen LogP contribution >= 0.6 is 0 Å². The standard InChI is InChI=1S/C21H31FO2/c1-12-14-6-5-13-15-7-10-21(4,24)20(15,3)11-16(22)18(13)19(14,2)9-8-17(12)23/h13,15-16,18,24H,5-11H2,1-4H3/t13-,15-,16?,18-,19-,20-,21?/m0/s1. The third kappa shape index (κ3) is 1.88. The van der Waals surface area contributed by atoms with Gasteiger partial charge in [-0.3, -0.25) is 4.79 Å². The molecular weight excluding hydrogens is 303 g/mol. The molecule has 3 fully saturated rings. The van der Waals surface area contributed by atoms with Crippen molar-refractivity contribution in [3.63, 3.8) is 0 Å². The minimum Gasteiger partial charge on any atom is -0.390 e. The first-order valence-electron chi connectivity index (χ1n) is 9.72. The highest BCUT2D eigenvalue weighted by molar-refractivity contribution is 5.96. The summed E-state index contributed by atoms with van der Waals surface area (Å²) in [6.07, 6.45) is 4.71. The van der Waals surface area contributed by atoms with Gasteiger partial charge in [-0.15, -0.1) is 0 Å². The van der Waals surface area contributed by atoms with E-state index in [1.807, 2.05) is 13.8 Å². The molecule has 0 radical (unpaired) electrons. The molecule has 7 atom stereocenters. The Morgan fingerprint density at radius 1 is 1.12 bits per heavy atom. The summed E-state index contributed by atoms with van der Waals surface area (Å²) >= 11 is 0. The zero-order valence-corrected chi connectivity index (χ0v) is 15.5. The fourth-order valence-corrected chi connectivity index (χ4v) is 7.26. The SMILES string of the molecule is CC1=C2CC[C@@H]3[C@@H](C(F)C[C@@]4(C)[C@H]3CCC4(C)O)[C@@]2(C)CCC1=O. The highest BCUT2D eigenvalue weighted by Gasteiger charge is 2.65. The molecule has 4 aliphatic rings. The Labute approximate surface area is 144 Å². The van der Waals surface area contributed by atoms with E-state index in [0.717, 1.165) is 37.7 Å². The zero-order valence-electron chi connectivity index (χ0n) is 15.5. The van der Waals surface area contributed by atoms with Crippen molar-refractivity contribution in [1.82, 2.24) is 0 Å². The Morgan fingerprint density at radius 2 is 1.83 bits per heavy atom. The van der Waals surface area contributed by atoms with Gasteiger partial charge in [-0.1, -0.05) is 19.4 Å². The zero-order chi connectivity index (χ0) is 17.5. The van der Waals surface area contributed by atoms with Crippen molar-refractivity contribution in [1.29, 1.82) is 0 Å². The van der Waals surface area contributed by atoms with Crippen molar-refractivity contribution in [2.24, 2.45) is 28.6 Å². The Morgan fingerprint density at radius 3 is 2.54 bits per heavy atom. The molecule has 0 saturated heterocycles. The Balaban J connectivity index is 1.77. The average Bonchev–Trinajstić information content (AvgIpc) is 2.73. The summed E-state index contributed by atoms with van der Waals surface area (Å²) in [5.41, 5.74) is 0.959. The van der Waals surface area contributed by atoms with E-state index in [1.165, 1.54) is 5.57 Å². The van der Waals surface area contributed by atoms with E-state index < -0.39 is 11.8 Å². The molecule has 0 amide bonds. The minimum atomic E-state index is -0.873. The lowest BCUT2D eigenvalue weighted by Crippen LogP contribution is -2.58. The largest absolute Gasteiger partial charge is 0.390 e. The van der Waals surface area contributed by atoms with Crippen molar-refractivity contribution in [2.45, 2.75) is 84.4 Å². The summed E-state index contributed by atoms with van der Waals surface area (Å²) in [4.78, 5) is 12.2. The second-order valence-corrected chi connectivity index (χ2v) is 9.73. The monoisotopic (exact) mass is 334 g/mol. The van der Waals surface area contributed by atoms with Crippen LogP contribution < -0.4 is 0 Å². The van der Waals surface area contributed by atoms with E-state index in [1.54, 1.807) is 0 Å². The Bertz CT molecular complexity index is 621. The molecule has 2 unspecified atom stereocenters. The van der Waals surface area contributed by atoms with Gasteiger partial charge >= 0.3 is 0 Å². The van der Waals surface area contributed by atoms with Gasteiger partial charge in [-0.25, -0.2) is 4.39 Å². The van der Waals surface area contributed by atoms with E-state index in [9.17, 15) is 9.90 Å².